The molecular formula is C14H20FNO3S. The quantitative estimate of drug-likeness (QED) is 0.927. The van der Waals surface area contributed by atoms with Crippen molar-refractivity contribution in [2.75, 3.05) is 13.1 Å². The summed E-state index contributed by atoms with van der Waals surface area (Å²) >= 11 is 0. The van der Waals surface area contributed by atoms with Gasteiger partial charge in [0.15, 0.2) is 0 Å². The predicted molar refractivity (Wildman–Crippen MR) is 75.1 cm³/mol. The summed E-state index contributed by atoms with van der Waals surface area (Å²) in [6, 6.07) is 5.50. The fraction of sp³-hybridized carbons (Fsp3) is 0.571. The van der Waals surface area contributed by atoms with E-state index in [1.807, 2.05) is 0 Å². The molecular weight excluding hydrogens is 281 g/mol. The first-order chi connectivity index (χ1) is 9.28. The molecule has 1 fully saturated rings. The summed E-state index contributed by atoms with van der Waals surface area (Å²) in [4.78, 5) is 0. The van der Waals surface area contributed by atoms with Gasteiger partial charge in [-0.3, -0.25) is 0 Å². The zero-order chi connectivity index (χ0) is 14.8. The Kier molecular flexibility index (Phi) is 4.46. The van der Waals surface area contributed by atoms with E-state index in [2.05, 4.69) is 0 Å². The molecule has 2 rings (SSSR count). The van der Waals surface area contributed by atoms with Crippen LogP contribution < -0.4 is 0 Å². The van der Waals surface area contributed by atoms with E-state index in [1.165, 1.54) is 28.6 Å². The van der Waals surface area contributed by atoms with Gasteiger partial charge in [-0.25, -0.2) is 17.1 Å². The first kappa shape index (κ1) is 15.4. The van der Waals surface area contributed by atoms with Crippen molar-refractivity contribution in [3.8, 4) is 0 Å². The molecule has 4 nitrogen and oxygen atoms in total. The predicted octanol–water partition coefficient (Wildman–Crippen LogP) is 1.89. The lowest BCUT2D eigenvalue weighted by molar-refractivity contribution is 0.0465. The van der Waals surface area contributed by atoms with Crippen LogP contribution in [-0.4, -0.2) is 36.5 Å². The molecule has 20 heavy (non-hydrogen) atoms. The van der Waals surface area contributed by atoms with Crippen LogP contribution in [-0.2, 0) is 15.8 Å². The maximum absolute atomic E-state index is 12.8. The second kappa shape index (κ2) is 5.79. The Morgan fingerprint density at radius 3 is 2.55 bits per heavy atom. The number of halogens is 1. The molecule has 0 spiro atoms. The van der Waals surface area contributed by atoms with Gasteiger partial charge in [-0.1, -0.05) is 12.1 Å². The molecule has 1 aliphatic heterocycles. The zero-order valence-corrected chi connectivity index (χ0v) is 12.4. The molecule has 1 saturated heterocycles. The first-order valence-electron chi connectivity index (χ1n) is 6.73. The standard InChI is InChI=1S/C14H20FNO3S/c1-14(17)7-2-9-16(10-8-14)20(18,19)11-12-3-5-13(15)6-4-12/h3-6,17H,2,7-11H2,1H3. The largest absolute Gasteiger partial charge is 0.390 e. The van der Waals surface area contributed by atoms with E-state index < -0.39 is 15.6 Å². The number of aliphatic hydroxyl groups is 1. The van der Waals surface area contributed by atoms with Crippen LogP contribution in [0.5, 0.6) is 0 Å². The highest BCUT2D eigenvalue weighted by Gasteiger charge is 2.30. The number of hydrogen-bond donors (Lipinski definition) is 1. The minimum Gasteiger partial charge on any atom is -0.390 e. The summed E-state index contributed by atoms with van der Waals surface area (Å²) in [6.45, 7) is 2.50. The van der Waals surface area contributed by atoms with E-state index in [1.54, 1.807) is 6.92 Å². The van der Waals surface area contributed by atoms with Crippen LogP contribution in [0.3, 0.4) is 0 Å². The highest BCUT2D eigenvalue weighted by molar-refractivity contribution is 7.88. The molecule has 0 saturated carbocycles. The summed E-state index contributed by atoms with van der Waals surface area (Å²) in [7, 11) is -3.42. The van der Waals surface area contributed by atoms with Crippen LogP contribution in [0.4, 0.5) is 4.39 Å². The molecule has 0 radical (unpaired) electrons. The molecule has 1 aromatic rings. The molecule has 1 N–H and O–H groups in total. The smallest absolute Gasteiger partial charge is 0.218 e. The first-order valence-corrected chi connectivity index (χ1v) is 8.34. The van der Waals surface area contributed by atoms with Gasteiger partial charge < -0.3 is 5.11 Å². The maximum Gasteiger partial charge on any atom is 0.218 e. The lowest BCUT2D eigenvalue weighted by Gasteiger charge is -2.22. The van der Waals surface area contributed by atoms with E-state index in [-0.39, 0.29) is 11.6 Å². The van der Waals surface area contributed by atoms with Gasteiger partial charge in [-0.05, 0) is 43.9 Å². The molecule has 0 aromatic heterocycles. The normalized spacial score (nSPS) is 25.4. The van der Waals surface area contributed by atoms with Crippen LogP contribution >= 0.6 is 0 Å². The van der Waals surface area contributed by atoms with Gasteiger partial charge in [0, 0.05) is 13.1 Å². The summed E-state index contributed by atoms with van der Waals surface area (Å²) in [6.07, 6.45) is 1.70. The van der Waals surface area contributed by atoms with Crippen molar-refractivity contribution in [3.05, 3.63) is 35.6 Å². The fourth-order valence-electron chi connectivity index (χ4n) is 2.40. The minimum atomic E-state index is -3.42. The summed E-state index contributed by atoms with van der Waals surface area (Å²) in [5, 5.41) is 10.00. The van der Waals surface area contributed by atoms with Crippen molar-refractivity contribution < 1.29 is 17.9 Å². The van der Waals surface area contributed by atoms with Gasteiger partial charge in [-0.15, -0.1) is 0 Å². The van der Waals surface area contributed by atoms with Crippen molar-refractivity contribution in [2.24, 2.45) is 0 Å². The van der Waals surface area contributed by atoms with Gasteiger partial charge in [-0.2, -0.15) is 0 Å². The third kappa shape index (κ3) is 4.01. The molecule has 1 heterocycles. The van der Waals surface area contributed by atoms with Gasteiger partial charge in [0.2, 0.25) is 10.0 Å². The van der Waals surface area contributed by atoms with Crippen molar-refractivity contribution in [3.63, 3.8) is 0 Å². The summed E-state index contributed by atoms with van der Waals surface area (Å²) in [5.41, 5.74) is -0.220. The minimum absolute atomic E-state index is 0.130. The van der Waals surface area contributed by atoms with E-state index in [0.717, 1.165) is 0 Å². The van der Waals surface area contributed by atoms with Crippen molar-refractivity contribution in [2.45, 2.75) is 37.5 Å². The zero-order valence-electron chi connectivity index (χ0n) is 11.5. The Morgan fingerprint density at radius 2 is 1.90 bits per heavy atom. The number of sulfonamides is 1. The Hall–Kier alpha value is -0.980. The highest BCUT2D eigenvalue weighted by atomic mass is 32.2. The van der Waals surface area contributed by atoms with Gasteiger partial charge in [0.1, 0.15) is 5.82 Å². The van der Waals surface area contributed by atoms with E-state index in [4.69, 9.17) is 0 Å². The third-order valence-corrected chi connectivity index (χ3v) is 5.53. The molecule has 6 heteroatoms. The Balaban J connectivity index is 2.08. The third-order valence-electron chi connectivity index (χ3n) is 3.68. The highest BCUT2D eigenvalue weighted by Crippen LogP contribution is 2.24. The van der Waals surface area contributed by atoms with Gasteiger partial charge in [0.05, 0.1) is 11.4 Å². The number of benzene rings is 1. The summed E-state index contributed by atoms with van der Waals surface area (Å²) in [5.74, 6) is -0.507. The van der Waals surface area contributed by atoms with Crippen LogP contribution in [0, 0.1) is 5.82 Å². The average Bonchev–Trinajstić information content (AvgIpc) is 2.53. The van der Waals surface area contributed by atoms with Gasteiger partial charge in [0.25, 0.3) is 0 Å². The van der Waals surface area contributed by atoms with Crippen LogP contribution in [0.25, 0.3) is 0 Å². The molecule has 1 unspecified atom stereocenters. The van der Waals surface area contributed by atoms with Gasteiger partial charge >= 0.3 is 0 Å². The lowest BCUT2D eigenvalue weighted by Crippen LogP contribution is -2.34. The van der Waals surface area contributed by atoms with Crippen LogP contribution in [0.1, 0.15) is 31.7 Å². The number of rotatable bonds is 3. The van der Waals surface area contributed by atoms with E-state index in [9.17, 15) is 17.9 Å². The molecule has 0 aliphatic carbocycles. The molecule has 1 atom stereocenters. The molecule has 0 bridgehead atoms. The topological polar surface area (TPSA) is 57.6 Å². The Morgan fingerprint density at radius 1 is 1.25 bits per heavy atom. The summed E-state index contributed by atoms with van der Waals surface area (Å²) < 4.78 is 39.0. The second-order valence-corrected chi connectivity index (χ2v) is 7.60. The number of nitrogens with zero attached hydrogens (tertiary/aromatic N) is 1. The van der Waals surface area contributed by atoms with E-state index >= 15 is 0 Å². The molecule has 112 valence electrons. The van der Waals surface area contributed by atoms with Crippen LogP contribution in [0.2, 0.25) is 0 Å². The maximum atomic E-state index is 12.8. The second-order valence-electron chi connectivity index (χ2n) is 5.63. The SMILES string of the molecule is CC1(O)CCCN(S(=O)(=O)Cc2ccc(F)cc2)CC1. The number of hydrogen-bond acceptors (Lipinski definition) is 3. The Labute approximate surface area is 119 Å². The van der Waals surface area contributed by atoms with Crippen molar-refractivity contribution in [1.29, 1.82) is 0 Å². The van der Waals surface area contributed by atoms with E-state index in [0.29, 0.717) is 37.9 Å². The van der Waals surface area contributed by atoms with Crippen molar-refractivity contribution >= 4 is 10.0 Å². The van der Waals surface area contributed by atoms with Crippen LogP contribution in [0.15, 0.2) is 24.3 Å². The fourth-order valence-corrected chi connectivity index (χ4v) is 3.97. The molecule has 1 aromatic carbocycles. The Bertz CT molecular complexity index is 554. The lowest BCUT2D eigenvalue weighted by atomic mass is 9.98. The average molecular weight is 301 g/mol. The van der Waals surface area contributed by atoms with Crippen molar-refractivity contribution in [1.82, 2.24) is 4.31 Å². The monoisotopic (exact) mass is 301 g/mol. The molecule has 0 amide bonds. The molecule has 1 aliphatic rings.